The highest BCUT2D eigenvalue weighted by molar-refractivity contribution is 4.62. The van der Waals surface area contributed by atoms with E-state index in [1.54, 1.807) is 0 Å². The van der Waals surface area contributed by atoms with Gasteiger partial charge in [-0.2, -0.15) is 0 Å². The molecule has 0 saturated heterocycles. The molecule has 3 atom stereocenters. The molecule has 0 aromatic heterocycles. The first kappa shape index (κ1) is 33.8. The Morgan fingerprint density at radius 2 is 0.765 bits per heavy atom. The Hall–Kier alpha value is -0.160. The van der Waals surface area contributed by atoms with E-state index in [1.807, 2.05) is 0 Å². The quantitative estimate of drug-likeness (QED) is 0.110. The molecule has 0 fully saturated rings. The maximum atomic E-state index is 6.10. The zero-order valence-corrected chi connectivity index (χ0v) is 24.3. The predicted octanol–water partition coefficient (Wildman–Crippen LogP) is 7.99. The van der Waals surface area contributed by atoms with Crippen molar-refractivity contribution in [3.8, 4) is 0 Å². The fraction of sp³-hybridized carbons (Fsp3) is 1.00. The predicted molar refractivity (Wildman–Crippen MR) is 149 cm³/mol. The molecule has 4 heteroatoms. The van der Waals surface area contributed by atoms with E-state index in [4.69, 9.17) is 14.2 Å². The van der Waals surface area contributed by atoms with E-state index in [-0.39, 0.29) is 0 Å². The standard InChI is InChI=1S/C30H63NO3/c1-7-13-16-28(10-4)25-32-22-19-31(20-23-33-26-29(11-5)17-14-8-2)21-24-34-27-30(12-6)18-15-9-3/h28-30H,7-27H2,1-6H3/t28-,29-,30+/m1/s1. The number of unbranched alkanes of at least 4 members (excludes halogenated alkanes) is 3. The highest BCUT2D eigenvalue weighted by Gasteiger charge is 2.11. The van der Waals surface area contributed by atoms with Gasteiger partial charge in [-0.15, -0.1) is 0 Å². The Morgan fingerprint density at radius 3 is 1.00 bits per heavy atom. The minimum absolute atomic E-state index is 0.711. The average Bonchev–Trinajstić information content (AvgIpc) is 2.86. The lowest BCUT2D eigenvalue weighted by Crippen LogP contribution is -2.35. The Labute approximate surface area is 214 Å². The van der Waals surface area contributed by atoms with Crippen LogP contribution in [0.5, 0.6) is 0 Å². The van der Waals surface area contributed by atoms with Crippen LogP contribution < -0.4 is 0 Å². The van der Waals surface area contributed by atoms with Crippen molar-refractivity contribution in [2.75, 3.05) is 59.3 Å². The van der Waals surface area contributed by atoms with Crippen LogP contribution in [0.25, 0.3) is 0 Å². The van der Waals surface area contributed by atoms with Crippen LogP contribution in [-0.2, 0) is 14.2 Å². The van der Waals surface area contributed by atoms with Crippen LogP contribution in [0.3, 0.4) is 0 Å². The van der Waals surface area contributed by atoms with Gasteiger partial charge in [-0.05, 0) is 37.0 Å². The molecular formula is C30H63NO3. The second-order valence-corrected chi connectivity index (χ2v) is 10.3. The fourth-order valence-corrected chi connectivity index (χ4v) is 4.36. The van der Waals surface area contributed by atoms with E-state index in [0.29, 0.717) is 17.8 Å². The minimum Gasteiger partial charge on any atom is -0.380 e. The third-order valence-corrected chi connectivity index (χ3v) is 7.35. The van der Waals surface area contributed by atoms with Gasteiger partial charge in [-0.1, -0.05) is 99.3 Å². The molecule has 0 unspecified atom stereocenters. The van der Waals surface area contributed by atoms with E-state index in [1.165, 1.54) is 77.0 Å². The molecule has 0 aromatic rings. The van der Waals surface area contributed by atoms with Gasteiger partial charge < -0.3 is 14.2 Å². The Bertz CT molecular complexity index is 336. The summed E-state index contributed by atoms with van der Waals surface area (Å²) < 4.78 is 18.3. The van der Waals surface area contributed by atoms with Crippen molar-refractivity contribution in [3.05, 3.63) is 0 Å². The molecule has 206 valence electrons. The van der Waals surface area contributed by atoms with E-state index >= 15 is 0 Å². The molecule has 4 nitrogen and oxygen atoms in total. The van der Waals surface area contributed by atoms with Crippen LogP contribution in [0.1, 0.15) is 119 Å². The second-order valence-electron chi connectivity index (χ2n) is 10.3. The van der Waals surface area contributed by atoms with E-state index < -0.39 is 0 Å². The largest absolute Gasteiger partial charge is 0.380 e. The first-order valence-corrected chi connectivity index (χ1v) is 15.1. The second kappa shape index (κ2) is 25.9. The number of ether oxygens (including phenoxy) is 3. The molecule has 0 aliphatic rings. The van der Waals surface area contributed by atoms with Crippen LogP contribution in [0.2, 0.25) is 0 Å². The lowest BCUT2D eigenvalue weighted by Gasteiger charge is -2.24. The fourth-order valence-electron chi connectivity index (χ4n) is 4.36. The summed E-state index contributed by atoms with van der Waals surface area (Å²) in [4.78, 5) is 2.48. The third-order valence-electron chi connectivity index (χ3n) is 7.35. The van der Waals surface area contributed by atoms with Gasteiger partial charge in [0.15, 0.2) is 0 Å². The Morgan fingerprint density at radius 1 is 0.471 bits per heavy atom. The van der Waals surface area contributed by atoms with Gasteiger partial charge in [0.25, 0.3) is 0 Å². The molecule has 0 aliphatic carbocycles. The molecule has 0 bridgehead atoms. The van der Waals surface area contributed by atoms with Gasteiger partial charge in [0.2, 0.25) is 0 Å². The Kier molecular flexibility index (Phi) is 25.8. The van der Waals surface area contributed by atoms with E-state index in [2.05, 4.69) is 46.4 Å². The monoisotopic (exact) mass is 485 g/mol. The van der Waals surface area contributed by atoms with Crippen LogP contribution in [0, 0.1) is 17.8 Å². The van der Waals surface area contributed by atoms with Crippen molar-refractivity contribution >= 4 is 0 Å². The van der Waals surface area contributed by atoms with Gasteiger partial charge >= 0.3 is 0 Å². The maximum Gasteiger partial charge on any atom is 0.0593 e. The van der Waals surface area contributed by atoms with Crippen LogP contribution in [0.15, 0.2) is 0 Å². The number of rotatable bonds is 27. The summed E-state index contributed by atoms with van der Waals surface area (Å²) in [5.41, 5.74) is 0. The molecule has 0 aliphatic heterocycles. The van der Waals surface area contributed by atoms with Crippen LogP contribution >= 0.6 is 0 Å². The molecule has 0 amide bonds. The Balaban J connectivity index is 4.38. The van der Waals surface area contributed by atoms with Gasteiger partial charge in [-0.25, -0.2) is 0 Å². The number of hydrogen-bond donors (Lipinski definition) is 0. The highest BCUT2D eigenvalue weighted by Crippen LogP contribution is 2.14. The van der Waals surface area contributed by atoms with Crippen molar-refractivity contribution in [1.29, 1.82) is 0 Å². The van der Waals surface area contributed by atoms with Crippen LogP contribution in [-0.4, -0.2) is 64.2 Å². The molecule has 0 aromatic carbocycles. The van der Waals surface area contributed by atoms with Crippen molar-refractivity contribution in [3.63, 3.8) is 0 Å². The summed E-state index contributed by atoms with van der Waals surface area (Å²) in [6.07, 6.45) is 15.3. The topological polar surface area (TPSA) is 30.9 Å². The smallest absolute Gasteiger partial charge is 0.0593 e. The first-order chi connectivity index (χ1) is 16.6. The molecule has 34 heavy (non-hydrogen) atoms. The van der Waals surface area contributed by atoms with Crippen molar-refractivity contribution in [2.24, 2.45) is 17.8 Å². The average molecular weight is 486 g/mol. The highest BCUT2D eigenvalue weighted by atomic mass is 16.5. The zero-order chi connectivity index (χ0) is 25.3. The summed E-state index contributed by atoms with van der Waals surface area (Å²) in [7, 11) is 0. The summed E-state index contributed by atoms with van der Waals surface area (Å²) in [6, 6.07) is 0. The molecule has 0 N–H and O–H groups in total. The lowest BCUT2D eigenvalue weighted by molar-refractivity contribution is 0.0301. The third kappa shape index (κ3) is 20.1. The first-order valence-electron chi connectivity index (χ1n) is 15.1. The SMILES string of the molecule is CCCC[C@@H](CC)COCCN(CCOC[C@H](CC)CCCC)CCOC[C@@H](CC)CCCC. The molecule has 0 radical (unpaired) electrons. The summed E-state index contributed by atoms with van der Waals surface area (Å²) in [6.45, 7) is 21.7. The van der Waals surface area contributed by atoms with Gasteiger partial charge in [0.1, 0.15) is 0 Å². The molecule has 0 heterocycles. The summed E-state index contributed by atoms with van der Waals surface area (Å²) in [5.74, 6) is 2.13. The number of nitrogens with zero attached hydrogens (tertiary/aromatic N) is 1. The van der Waals surface area contributed by atoms with Gasteiger partial charge in [0.05, 0.1) is 19.8 Å². The van der Waals surface area contributed by atoms with Crippen molar-refractivity contribution in [1.82, 2.24) is 4.90 Å². The van der Waals surface area contributed by atoms with Gasteiger partial charge in [0, 0.05) is 39.5 Å². The molecule has 0 saturated carbocycles. The molecular weight excluding hydrogens is 422 g/mol. The van der Waals surface area contributed by atoms with E-state index in [9.17, 15) is 0 Å². The van der Waals surface area contributed by atoms with Crippen molar-refractivity contribution in [2.45, 2.75) is 119 Å². The number of hydrogen-bond acceptors (Lipinski definition) is 4. The normalized spacial score (nSPS) is 14.6. The zero-order valence-electron chi connectivity index (χ0n) is 24.3. The van der Waals surface area contributed by atoms with Gasteiger partial charge in [-0.3, -0.25) is 4.90 Å². The molecule has 0 rings (SSSR count). The van der Waals surface area contributed by atoms with Crippen LogP contribution in [0.4, 0.5) is 0 Å². The van der Waals surface area contributed by atoms with Crippen molar-refractivity contribution < 1.29 is 14.2 Å². The summed E-state index contributed by atoms with van der Waals surface area (Å²) in [5, 5.41) is 0. The maximum absolute atomic E-state index is 6.10. The molecule has 0 spiro atoms. The minimum atomic E-state index is 0.711. The van der Waals surface area contributed by atoms with E-state index in [0.717, 1.165) is 59.3 Å². The lowest BCUT2D eigenvalue weighted by atomic mass is 10.0. The summed E-state index contributed by atoms with van der Waals surface area (Å²) >= 11 is 0.